The summed E-state index contributed by atoms with van der Waals surface area (Å²) < 4.78 is 7.10. The lowest BCUT2D eigenvalue weighted by molar-refractivity contribution is 0.102. The third kappa shape index (κ3) is 3.91. The molecule has 2 heterocycles. The molecule has 0 aliphatic heterocycles. The van der Waals surface area contributed by atoms with E-state index >= 15 is 0 Å². The van der Waals surface area contributed by atoms with Gasteiger partial charge in [-0.3, -0.25) is 4.79 Å². The highest BCUT2D eigenvalue weighted by atomic mass is 32.1. The van der Waals surface area contributed by atoms with Crippen molar-refractivity contribution in [2.45, 2.75) is 6.92 Å². The number of nitrogens with zero attached hydrogens (tertiary/aromatic N) is 4. The molecule has 8 heteroatoms. The Labute approximate surface area is 165 Å². The smallest absolute Gasteiger partial charge is 0.275 e. The van der Waals surface area contributed by atoms with Gasteiger partial charge in [-0.15, -0.1) is 11.3 Å². The van der Waals surface area contributed by atoms with Crippen molar-refractivity contribution in [1.82, 2.24) is 19.7 Å². The van der Waals surface area contributed by atoms with Gasteiger partial charge in [0.1, 0.15) is 29.1 Å². The van der Waals surface area contributed by atoms with Crippen LogP contribution in [0.1, 0.15) is 17.4 Å². The summed E-state index contributed by atoms with van der Waals surface area (Å²) in [6.45, 7) is 2.57. The largest absolute Gasteiger partial charge is 0.494 e. The zero-order chi connectivity index (χ0) is 19.3. The Morgan fingerprint density at radius 2 is 1.93 bits per heavy atom. The third-order valence-electron chi connectivity index (χ3n) is 3.96. The van der Waals surface area contributed by atoms with Gasteiger partial charge in [-0.05, 0) is 55.5 Å². The van der Waals surface area contributed by atoms with Gasteiger partial charge in [-0.1, -0.05) is 0 Å². The highest BCUT2D eigenvalue weighted by molar-refractivity contribution is 7.13. The molecule has 1 N–H and O–H groups in total. The van der Waals surface area contributed by atoms with Crippen molar-refractivity contribution in [3.05, 3.63) is 72.3 Å². The van der Waals surface area contributed by atoms with E-state index in [1.165, 1.54) is 17.7 Å². The van der Waals surface area contributed by atoms with Gasteiger partial charge in [-0.25, -0.2) is 14.6 Å². The van der Waals surface area contributed by atoms with E-state index in [0.29, 0.717) is 18.0 Å². The Bertz CT molecular complexity index is 1060. The molecule has 0 spiro atoms. The van der Waals surface area contributed by atoms with Gasteiger partial charge in [0.2, 0.25) is 0 Å². The molecule has 4 rings (SSSR count). The minimum atomic E-state index is -0.248. The van der Waals surface area contributed by atoms with Crippen LogP contribution in [-0.2, 0) is 0 Å². The van der Waals surface area contributed by atoms with E-state index in [-0.39, 0.29) is 5.91 Å². The number of thiazole rings is 1. The molecule has 28 heavy (non-hydrogen) atoms. The van der Waals surface area contributed by atoms with Gasteiger partial charge >= 0.3 is 0 Å². The fourth-order valence-corrected chi connectivity index (χ4v) is 3.41. The van der Waals surface area contributed by atoms with Crippen LogP contribution < -0.4 is 10.1 Å². The highest BCUT2D eigenvalue weighted by Gasteiger charge is 2.12. The topological polar surface area (TPSA) is 81.9 Å². The number of rotatable bonds is 6. The van der Waals surface area contributed by atoms with Gasteiger partial charge in [0, 0.05) is 16.6 Å². The second kappa shape index (κ2) is 8.01. The number of anilines is 1. The zero-order valence-corrected chi connectivity index (χ0v) is 15.9. The number of aromatic nitrogens is 4. The van der Waals surface area contributed by atoms with Gasteiger partial charge < -0.3 is 10.1 Å². The summed E-state index contributed by atoms with van der Waals surface area (Å²) in [5.74, 6) is 0.567. The number of ether oxygens (including phenoxy) is 1. The minimum absolute atomic E-state index is 0.248. The lowest BCUT2D eigenvalue weighted by Gasteiger charge is -2.05. The monoisotopic (exact) mass is 391 g/mol. The van der Waals surface area contributed by atoms with Crippen molar-refractivity contribution in [2.75, 3.05) is 11.9 Å². The average molecular weight is 391 g/mol. The molecule has 0 fully saturated rings. The van der Waals surface area contributed by atoms with Crippen LogP contribution in [0.4, 0.5) is 5.69 Å². The van der Waals surface area contributed by atoms with Crippen molar-refractivity contribution in [1.29, 1.82) is 0 Å². The third-order valence-corrected chi connectivity index (χ3v) is 4.85. The summed E-state index contributed by atoms with van der Waals surface area (Å²) >= 11 is 1.43. The summed E-state index contributed by atoms with van der Waals surface area (Å²) in [4.78, 5) is 20.9. The molecule has 2 aromatic carbocycles. The second-order valence-electron chi connectivity index (χ2n) is 5.84. The molecule has 0 saturated carbocycles. The Morgan fingerprint density at radius 1 is 1.14 bits per heavy atom. The first-order valence-electron chi connectivity index (χ1n) is 8.68. The molecule has 4 aromatic rings. The van der Waals surface area contributed by atoms with E-state index in [2.05, 4.69) is 20.4 Å². The molecule has 7 nitrogen and oxygen atoms in total. The highest BCUT2D eigenvalue weighted by Crippen LogP contribution is 2.26. The number of carbonyl (C=O) groups is 1. The summed E-state index contributed by atoms with van der Waals surface area (Å²) in [7, 11) is 0. The van der Waals surface area contributed by atoms with Crippen LogP contribution in [0, 0.1) is 0 Å². The quantitative estimate of drug-likeness (QED) is 0.536. The van der Waals surface area contributed by atoms with Crippen LogP contribution in [-0.4, -0.2) is 32.3 Å². The van der Waals surface area contributed by atoms with Crippen LogP contribution in [0.15, 0.2) is 66.6 Å². The molecule has 0 bridgehead atoms. The number of hydrogen-bond acceptors (Lipinski definition) is 6. The summed E-state index contributed by atoms with van der Waals surface area (Å²) in [5, 5.41) is 9.48. The van der Waals surface area contributed by atoms with Crippen LogP contribution in [0.5, 0.6) is 5.75 Å². The minimum Gasteiger partial charge on any atom is -0.494 e. The summed E-state index contributed by atoms with van der Waals surface area (Å²) in [6, 6.07) is 15.0. The van der Waals surface area contributed by atoms with E-state index in [9.17, 15) is 4.79 Å². The van der Waals surface area contributed by atoms with Crippen molar-refractivity contribution in [3.63, 3.8) is 0 Å². The van der Waals surface area contributed by atoms with E-state index in [1.807, 2.05) is 55.5 Å². The first kappa shape index (κ1) is 17.9. The number of amides is 1. The molecular formula is C20H17N5O2S. The lowest BCUT2D eigenvalue weighted by Crippen LogP contribution is -2.12. The maximum Gasteiger partial charge on any atom is 0.275 e. The van der Waals surface area contributed by atoms with Crippen molar-refractivity contribution >= 4 is 22.9 Å². The van der Waals surface area contributed by atoms with Crippen LogP contribution in [0.25, 0.3) is 16.3 Å². The van der Waals surface area contributed by atoms with Gasteiger partial charge in [0.05, 0.1) is 12.3 Å². The standard InChI is InChI=1S/C20H17N5O2S/c1-2-27-17-9-3-14(4-10-17)20-24-18(11-28-20)19(26)23-15-5-7-16(8-6-15)25-13-21-12-22-25/h3-13H,2H2,1H3,(H,23,26). The number of hydrogen-bond donors (Lipinski definition) is 1. The van der Waals surface area contributed by atoms with Gasteiger partial charge in [0.15, 0.2) is 0 Å². The van der Waals surface area contributed by atoms with Crippen molar-refractivity contribution < 1.29 is 9.53 Å². The second-order valence-corrected chi connectivity index (χ2v) is 6.69. The number of nitrogens with one attached hydrogen (secondary N) is 1. The Morgan fingerprint density at radius 3 is 2.61 bits per heavy atom. The van der Waals surface area contributed by atoms with E-state index in [4.69, 9.17) is 4.74 Å². The maximum absolute atomic E-state index is 12.5. The predicted molar refractivity (Wildman–Crippen MR) is 108 cm³/mol. The summed E-state index contributed by atoms with van der Waals surface area (Å²) in [6.07, 6.45) is 3.09. The molecule has 0 atom stereocenters. The number of benzene rings is 2. The first-order chi connectivity index (χ1) is 13.7. The van der Waals surface area contributed by atoms with E-state index < -0.39 is 0 Å². The number of carbonyl (C=O) groups excluding carboxylic acids is 1. The molecule has 0 aliphatic rings. The van der Waals surface area contributed by atoms with Crippen molar-refractivity contribution in [3.8, 4) is 22.0 Å². The molecule has 0 radical (unpaired) electrons. The molecule has 2 aromatic heterocycles. The van der Waals surface area contributed by atoms with E-state index in [1.54, 1.807) is 16.4 Å². The normalized spacial score (nSPS) is 10.6. The molecule has 0 unspecified atom stereocenters. The first-order valence-corrected chi connectivity index (χ1v) is 9.56. The maximum atomic E-state index is 12.5. The predicted octanol–water partition coefficient (Wildman–Crippen LogP) is 4.04. The Balaban J connectivity index is 1.44. The van der Waals surface area contributed by atoms with Gasteiger partial charge in [0.25, 0.3) is 5.91 Å². The lowest BCUT2D eigenvalue weighted by atomic mass is 10.2. The Hall–Kier alpha value is -3.52. The Kier molecular flexibility index (Phi) is 5.11. The average Bonchev–Trinajstić information content (AvgIpc) is 3.42. The van der Waals surface area contributed by atoms with Crippen LogP contribution >= 0.6 is 11.3 Å². The molecule has 1 amide bonds. The molecular weight excluding hydrogens is 374 g/mol. The molecule has 140 valence electrons. The van der Waals surface area contributed by atoms with Crippen LogP contribution in [0.2, 0.25) is 0 Å². The molecule has 0 aliphatic carbocycles. The molecule has 0 saturated heterocycles. The van der Waals surface area contributed by atoms with Crippen LogP contribution in [0.3, 0.4) is 0 Å². The zero-order valence-electron chi connectivity index (χ0n) is 15.1. The van der Waals surface area contributed by atoms with E-state index in [0.717, 1.165) is 22.0 Å². The fraction of sp³-hybridized carbons (Fsp3) is 0.100. The SMILES string of the molecule is CCOc1ccc(-c2nc(C(=O)Nc3ccc(-n4cncn4)cc3)cs2)cc1. The fourth-order valence-electron chi connectivity index (χ4n) is 2.61. The van der Waals surface area contributed by atoms with Crippen molar-refractivity contribution in [2.24, 2.45) is 0 Å². The summed E-state index contributed by atoms with van der Waals surface area (Å²) in [5.41, 5.74) is 2.88. The van der Waals surface area contributed by atoms with Gasteiger partial charge in [-0.2, -0.15) is 5.10 Å².